The Labute approximate surface area is 109 Å². The fraction of sp³-hybridized carbons (Fsp3) is 0.0769. The number of fused-ring (bicyclic) bond motifs is 1. The second-order valence-corrected chi connectivity index (χ2v) is 4.18. The summed E-state index contributed by atoms with van der Waals surface area (Å²) in [5, 5.41) is 13.4. The Balaban J connectivity index is 1.94. The van der Waals surface area contributed by atoms with E-state index in [2.05, 4.69) is 15.5 Å². The third-order valence-electron chi connectivity index (χ3n) is 2.65. The highest BCUT2D eigenvalue weighted by atomic mass is 35.5. The predicted molar refractivity (Wildman–Crippen MR) is 70.6 cm³/mol. The van der Waals surface area contributed by atoms with Crippen molar-refractivity contribution in [3.8, 4) is 0 Å². The molecule has 0 spiro atoms. The highest BCUT2D eigenvalue weighted by Gasteiger charge is 2.07. The van der Waals surface area contributed by atoms with Gasteiger partial charge in [0.1, 0.15) is 5.76 Å². The molecular weight excluding hydrogens is 250 g/mol. The highest BCUT2D eigenvalue weighted by molar-refractivity contribution is 6.34. The predicted octanol–water partition coefficient (Wildman–Crippen LogP) is 3.49. The molecule has 0 aliphatic rings. The van der Waals surface area contributed by atoms with Gasteiger partial charge in [0.05, 0.1) is 12.8 Å². The van der Waals surface area contributed by atoms with E-state index in [1.807, 2.05) is 36.4 Å². The largest absolute Gasteiger partial charge is 0.467 e. The average Bonchev–Trinajstić information content (AvgIpc) is 2.92. The molecule has 1 aromatic carbocycles. The van der Waals surface area contributed by atoms with Crippen LogP contribution >= 0.6 is 11.6 Å². The van der Waals surface area contributed by atoms with Gasteiger partial charge in [-0.3, -0.25) is 0 Å². The van der Waals surface area contributed by atoms with Crippen LogP contribution in [-0.2, 0) is 6.54 Å². The van der Waals surface area contributed by atoms with Crippen LogP contribution in [0.3, 0.4) is 0 Å². The number of nitrogens with one attached hydrogen (secondary N) is 1. The van der Waals surface area contributed by atoms with Crippen molar-refractivity contribution in [3.63, 3.8) is 0 Å². The van der Waals surface area contributed by atoms with Gasteiger partial charge in [-0.2, -0.15) is 0 Å². The zero-order chi connectivity index (χ0) is 12.4. The lowest BCUT2D eigenvalue weighted by Crippen LogP contribution is -2.02. The zero-order valence-corrected chi connectivity index (χ0v) is 10.2. The van der Waals surface area contributed by atoms with E-state index in [0.29, 0.717) is 17.5 Å². The van der Waals surface area contributed by atoms with Crippen LogP contribution in [0.15, 0.2) is 47.1 Å². The van der Waals surface area contributed by atoms with Crippen molar-refractivity contribution in [2.45, 2.75) is 6.54 Å². The Bertz CT molecular complexity index is 667. The molecule has 0 saturated heterocycles. The van der Waals surface area contributed by atoms with Crippen molar-refractivity contribution in [2.24, 2.45) is 0 Å². The van der Waals surface area contributed by atoms with Crippen LogP contribution in [0.5, 0.6) is 0 Å². The van der Waals surface area contributed by atoms with Crippen LogP contribution < -0.4 is 5.32 Å². The van der Waals surface area contributed by atoms with Crippen LogP contribution in [0.1, 0.15) is 5.76 Å². The minimum Gasteiger partial charge on any atom is -0.467 e. The van der Waals surface area contributed by atoms with Crippen LogP contribution in [0, 0.1) is 0 Å². The molecule has 18 heavy (non-hydrogen) atoms. The molecule has 90 valence electrons. The lowest BCUT2D eigenvalue weighted by molar-refractivity contribution is 0.518. The summed E-state index contributed by atoms with van der Waals surface area (Å²) < 4.78 is 5.25. The molecule has 0 saturated carbocycles. The normalized spacial score (nSPS) is 10.7. The number of halogens is 1. The van der Waals surface area contributed by atoms with Crippen molar-refractivity contribution >= 4 is 28.2 Å². The molecule has 1 N–H and O–H groups in total. The van der Waals surface area contributed by atoms with Gasteiger partial charge in [-0.15, -0.1) is 10.2 Å². The maximum atomic E-state index is 6.01. The Morgan fingerprint density at radius 2 is 1.89 bits per heavy atom. The molecular formula is C13H10ClN3O. The second kappa shape index (κ2) is 4.66. The van der Waals surface area contributed by atoms with Crippen LogP contribution in [0.2, 0.25) is 5.15 Å². The van der Waals surface area contributed by atoms with Crippen LogP contribution in [0.4, 0.5) is 5.82 Å². The summed E-state index contributed by atoms with van der Waals surface area (Å²) >= 11 is 6.01. The molecule has 0 unspecified atom stereocenters. The van der Waals surface area contributed by atoms with Crippen molar-refractivity contribution in [3.05, 3.63) is 53.6 Å². The van der Waals surface area contributed by atoms with Crippen molar-refractivity contribution < 1.29 is 4.42 Å². The summed E-state index contributed by atoms with van der Waals surface area (Å²) in [7, 11) is 0. The van der Waals surface area contributed by atoms with Gasteiger partial charge in [0, 0.05) is 10.8 Å². The fourth-order valence-corrected chi connectivity index (χ4v) is 1.99. The first-order chi connectivity index (χ1) is 8.84. The van der Waals surface area contributed by atoms with Gasteiger partial charge in [-0.1, -0.05) is 35.9 Å². The molecule has 0 amide bonds. The topological polar surface area (TPSA) is 51.0 Å². The van der Waals surface area contributed by atoms with Gasteiger partial charge in [-0.25, -0.2) is 0 Å². The average molecular weight is 260 g/mol. The second-order valence-electron chi connectivity index (χ2n) is 3.82. The number of hydrogen-bond donors (Lipinski definition) is 1. The number of rotatable bonds is 3. The molecule has 0 bridgehead atoms. The molecule has 0 atom stereocenters. The molecule has 3 aromatic rings. The Kier molecular flexibility index (Phi) is 2.86. The van der Waals surface area contributed by atoms with E-state index >= 15 is 0 Å². The summed E-state index contributed by atoms with van der Waals surface area (Å²) in [5.74, 6) is 1.54. The van der Waals surface area contributed by atoms with Gasteiger partial charge in [0.25, 0.3) is 0 Å². The summed E-state index contributed by atoms with van der Waals surface area (Å²) in [6.45, 7) is 0.563. The first-order valence-electron chi connectivity index (χ1n) is 5.52. The molecule has 2 aromatic heterocycles. The molecule has 4 nitrogen and oxygen atoms in total. The van der Waals surface area contributed by atoms with Crippen LogP contribution in [-0.4, -0.2) is 10.2 Å². The van der Waals surface area contributed by atoms with E-state index in [9.17, 15) is 0 Å². The number of furan rings is 1. The number of benzene rings is 1. The molecule has 0 aliphatic carbocycles. The molecule has 0 radical (unpaired) electrons. The zero-order valence-electron chi connectivity index (χ0n) is 9.43. The standard InChI is InChI=1S/C13H10ClN3O/c14-12-10-5-1-2-6-11(10)13(17-16-12)15-8-9-4-3-7-18-9/h1-7H,8H2,(H,15,17). The minimum atomic E-state index is 0.411. The number of aromatic nitrogens is 2. The number of nitrogens with zero attached hydrogens (tertiary/aromatic N) is 2. The van der Waals surface area contributed by atoms with Gasteiger partial charge < -0.3 is 9.73 Å². The van der Waals surface area contributed by atoms with E-state index in [0.717, 1.165) is 16.5 Å². The van der Waals surface area contributed by atoms with Crippen molar-refractivity contribution in [2.75, 3.05) is 5.32 Å². The number of anilines is 1. The lowest BCUT2D eigenvalue weighted by atomic mass is 10.2. The molecule has 2 heterocycles. The van der Waals surface area contributed by atoms with Gasteiger partial charge in [0.15, 0.2) is 11.0 Å². The molecule has 0 aliphatic heterocycles. The van der Waals surface area contributed by atoms with E-state index in [4.69, 9.17) is 16.0 Å². The van der Waals surface area contributed by atoms with E-state index in [-0.39, 0.29) is 0 Å². The Hall–Kier alpha value is -2.07. The third kappa shape index (κ3) is 2.02. The van der Waals surface area contributed by atoms with Gasteiger partial charge >= 0.3 is 0 Å². The minimum absolute atomic E-state index is 0.411. The third-order valence-corrected chi connectivity index (χ3v) is 2.93. The maximum Gasteiger partial charge on any atom is 0.159 e. The first-order valence-corrected chi connectivity index (χ1v) is 5.89. The Morgan fingerprint density at radius 3 is 2.67 bits per heavy atom. The summed E-state index contributed by atoms with van der Waals surface area (Å²) in [5.41, 5.74) is 0. The number of hydrogen-bond acceptors (Lipinski definition) is 4. The SMILES string of the molecule is Clc1nnc(NCc2ccco2)c2ccccc12. The van der Waals surface area contributed by atoms with Gasteiger partial charge in [0.2, 0.25) is 0 Å². The molecule has 0 fully saturated rings. The highest BCUT2D eigenvalue weighted by Crippen LogP contribution is 2.25. The van der Waals surface area contributed by atoms with Crippen molar-refractivity contribution in [1.29, 1.82) is 0 Å². The fourth-order valence-electron chi connectivity index (χ4n) is 1.79. The molecule has 3 rings (SSSR count). The summed E-state index contributed by atoms with van der Waals surface area (Å²) in [6, 6.07) is 11.5. The first kappa shape index (κ1) is 11.0. The smallest absolute Gasteiger partial charge is 0.159 e. The van der Waals surface area contributed by atoms with E-state index in [1.54, 1.807) is 6.26 Å². The van der Waals surface area contributed by atoms with Crippen LogP contribution in [0.25, 0.3) is 10.8 Å². The summed E-state index contributed by atoms with van der Waals surface area (Å²) in [4.78, 5) is 0. The Morgan fingerprint density at radius 1 is 1.06 bits per heavy atom. The monoisotopic (exact) mass is 259 g/mol. The molecule has 5 heteroatoms. The van der Waals surface area contributed by atoms with E-state index < -0.39 is 0 Å². The lowest BCUT2D eigenvalue weighted by Gasteiger charge is -2.07. The van der Waals surface area contributed by atoms with Gasteiger partial charge in [-0.05, 0) is 12.1 Å². The van der Waals surface area contributed by atoms with Crippen molar-refractivity contribution in [1.82, 2.24) is 10.2 Å². The summed E-state index contributed by atoms with van der Waals surface area (Å²) in [6.07, 6.45) is 1.64. The quantitative estimate of drug-likeness (QED) is 0.782. The van der Waals surface area contributed by atoms with E-state index in [1.165, 1.54) is 0 Å². The maximum absolute atomic E-state index is 6.01.